The Kier molecular flexibility index (Phi) is 5.75. The normalized spacial score (nSPS) is 12.6. The van der Waals surface area contributed by atoms with Gasteiger partial charge in [0.1, 0.15) is 0 Å². The van der Waals surface area contributed by atoms with Crippen LogP contribution in [0.25, 0.3) is 0 Å². The van der Waals surface area contributed by atoms with E-state index < -0.39 is 23.7 Å². The average molecular weight is 449 g/mol. The molecule has 0 radical (unpaired) electrons. The van der Waals surface area contributed by atoms with Gasteiger partial charge in [0.2, 0.25) is 0 Å². The van der Waals surface area contributed by atoms with Crippen molar-refractivity contribution in [3.8, 4) is 0 Å². The molecule has 2 N–H and O–H groups in total. The number of carbonyl (C=O) groups is 4. The quantitative estimate of drug-likeness (QED) is 0.552. The molecule has 3 amide bonds. The van der Waals surface area contributed by atoms with Crippen molar-refractivity contribution >= 4 is 41.0 Å². The highest BCUT2D eigenvalue weighted by atomic mass is 35.5. The molecular weight excluding hydrogens is 432 g/mol. The fourth-order valence-electron chi connectivity index (χ4n) is 3.52. The van der Waals surface area contributed by atoms with Crippen LogP contribution in [0.4, 0.5) is 5.69 Å². The van der Waals surface area contributed by atoms with Gasteiger partial charge in [-0.05, 0) is 48.4 Å². The molecule has 0 saturated heterocycles. The van der Waals surface area contributed by atoms with Gasteiger partial charge in [0.15, 0.2) is 0 Å². The molecule has 160 valence electrons. The summed E-state index contributed by atoms with van der Waals surface area (Å²) in [6.45, 7) is 0.227. The third kappa shape index (κ3) is 4.10. The highest BCUT2D eigenvalue weighted by Crippen LogP contribution is 2.26. The number of imide groups is 1. The number of carboxylic acids is 1. The summed E-state index contributed by atoms with van der Waals surface area (Å²) in [6.07, 6.45) is 0.522. The molecule has 8 heteroatoms. The number of nitrogens with zero attached hydrogens (tertiary/aromatic N) is 1. The van der Waals surface area contributed by atoms with Crippen molar-refractivity contribution in [3.63, 3.8) is 0 Å². The van der Waals surface area contributed by atoms with E-state index in [-0.39, 0.29) is 39.5 Å². The molecule has 0 fully saturated rings. The molecule has 0 atom stereocenters. The predicted molar refractivity (Wildman–Crippen MR) is 118 cm³/mol. The van der Waals surface area contributed by atoms with Gasteiger partial charge in [0.25, 0.3) is 17.7 Å². The Balaban J connectivity index is 1.53. The first-order valence-electron chi connectivity index (χ1n) is 9.73. The van der Waals surface area contributed by atoms with E-state index in [4.69, 9.17) is 11.6 Å². The first-order valence-corrected chi connectivity index (χ1v) is 10.1. The van der Waals surface area contributed by atoms with E-state index >= 15 is 0 Å². The maximum atomic E-state index is 12.8. The second kappa shape index (κ2) is 8.64. The summed E-state index contributed by atoms with van der Waals surface area (Å²) >= 11 is 5.84. The minimum Gasteiger partial charge on any atom is -0.478 e. The monoisotopic (exact) mass is 448 g/mol. The summed E-state index contributed by atoms with van der Waals surface area (Å²) in [5.41, 5.74) is 1.41. The Morgan fingerprint density at radius 3 is 2.34 bits per heavy atom. The Labute approximate surface area is 188 Å². The van der Waals surface area contributed by atoms with Crippen LogP contribution in [0.1, 0.15) is 47.0 Å². The van der Waals surface area contributed by atoms with E-state index in [1.165, 1.54) is 41.3 Å². The summed E-state index contributed by atoms with van der Waals surface area (Å²) in [7, 11) is 0. The molecule has 3 aromatic carbocycles. The van der Waals surface area contributed by atoms with E-state index in [0.29, 0.717) is 6.42 Å². The standard InChI is InChI=1S/C24H17ClN2O5/c25-16-7-9-20(19(13-16)24(31)32)26-21(28)15-6-8-17-18(12-15)23(30)27(22(17)29)11-10-14-4-2-1-3-5-14/h1-9,12-13H,10-11H2,(H,26,28)(H,31,32). The minimum absolute atomic E-state index is 0.0688. The molecule has 1 aliphatic rings. The van der Waals surface area contributed by atoms with Crippen molar-refractivity contribution in [2.24, 2.45) is 0 Å². The number of carbonyl (C=O) groups excluding carboxylic acids is 3. The van der Waals surface area contributed by atoms with Crippen LogP contribution < -0.4 is 5.32 Å². The molecule has 0 saturated carbocycles. The van der Waals surface area contributed by atoms with Crippen molar-refractivity contribution in [3.05, 3.63) is 99.6 Å². The summed E-state index contributed by atoms with van der Waals surface area (Å²) in [5, 5.41) is 12.1. The number of anilines is 1. The number of benzene rings is 3. The third-order valence-electron chi connectivity index (χ3n) is 5.16. The topological polar surface area (TPSA) is 104 Å². The number of amides is 3. The summed E-state index contributed by atoms with van der Waals surface area (Å²) < 4.78 is 0. The first kappa shape index (κ1) is 21.3. The molecule has 1 aliphatic heterocycles. The van der Waals surface area contributed by atoms with Crippen LogP contribution in [0.15, 0.2) is 66.7 Å². The molecule has 32 heavy (non-hydrogen) atoms. The van der Waals surface area contributed by atoms with Crippen LogP contribution in [-0.4, -0.2) is 40.2 Å². The van der Waals surface area contributed by atoms with Crippen molar-refractivity contribution in [2.45, 2.75) is 6.42 Å². The van der Waals surface area contributed by atoms with Crippen LogP contribution in [0.3, 0.4) is 0 Å². The van der Waals surface area contributed by atoms with Gasteiger partial charge in [-0.25, -0.2) is 4.79 Å². The number of fused-ring (bicyclic) bond motifs is 1. The number of halogens is 1. The van der Waals surface area contributed by atoms with E-state index in [9.17, 15) is 24.3 Å². The molecule has 7 nitrogen and oxygen atoms in total. The van der Waals surface area contributed by atoms with Crippen LogP contribution >= 0.6 is 11.6 Å². The fraction of sp³-hybridized carbons (Fsp3) is 0.0833. The SMILES string of the molecule is O=C(Nc1ccc(Cl)cc1C(=O)O)c1ccc2c(c1)C(=O)N(CCc1ccccc1)C2=O. The number of carboxylic acid groups (broad SMARTS) is 1. The lowest BCUT2D eigenvalue weighted by atomic mass is 10.0. The van der Waals surface area contributed by atoms with Gasteiger partial charge in [-0.2, -0.15) is 0 Å². The van der Waals surface area contributed by atoms with Gasteiger partial charge in [-0.15, -0.1) is 0 Å². The Morgan fingerprint density at radius 2 is 1.62 bits per heavy atom. The van der Waals surface area contributed by atoms with Crippen molar-refractivity contribution in [1.82, 2.24) is 4.90 Å². The lowest BCUT2D eigenvalue weighted by Crippen LogP contribution is -2.31. The second-order valence-electron chi connectivity index (χ2n) is 7.21. The van der Waals surface area contributed by atoms with Gasteiger partial charge in [-0.1, -0.05) is 41.9 Å². The van der Waals surface area contributed by atoms with E-state index in [2.05, 4.69) is 5.32 Å². The van der Waals surface area contributed by atoms with Crippen molar-refractivity contribution in [2.75, 3.05) is 11.9 Å². The van der Waals surface area contributed by atoms with Gasteiger partial charge in [-0.3, -0.25) is 19.3 Å². The van der Waals surface area contributed by atoms with E-state index in [0.717, 1.165) is 5.56 Å². The van der Waals surface area contributed by atoms with E-state index in [1.54, 1.807) is 0 Å². The largest absolute Gasteiger partial charge is 0.478 e. The number of rotatable bonds is 6. The number of hydrogen-bond acceptors (Lipinski definition) is 4. The number of hydrogen-bond donors (Lipinski definition) is 2. The maximum Gasteiger partial charge on any atom is 0.337 e. The number of nitrogens with one attached hydrogen (secondary N) is 1. The predicted octanol–water partition coefficient (Wildman–Crippen LogP) is 4.13. The molecule has 0 unspecified atom stereocenters. The Hall–Kier alpha value is -3.97. The zero-order chi connectivity index (χ0) is 22.8. The average Bonchev–Trinajstić information content (AvgIpc) is 3.03. The molecule has 0 aliphatic carbocycles. The smallest absolute Gasteiger partial charge is 0.337 e. The van der Waals surface area contributed by atoms with Crippen LogP contribution in [0, 0.1) is 0 Å². The van der Waals surface area contributed by atoms with Crippen LogP contribution in [-0.2, 0) is 6.42 Å². The molecular formula is C24H17ClN2O5. The lowest BCUT2D eigenvalue weighted by Gasteiger charge is -2.13. The summed E-state index contributed by atoms with van der Waals surface area (Å²) in [5.74, 6) is -2.72. The maximum absolute atomic E-state index is 12.8. The molecule has 4 rings (SSSR count). The molecule has 1 heterocycles. The molecule has 0 bridgehead atoms. The lowest BCUT2D eigenvalue weighted by molar-refractivity contribution is 0.0652. The van der Waals surface area contributed by atoms with Crippen molar-refractivity contribution < 1.29 is 24.3 Å². The third-order valence-corrected chi connectivity index (χ3v) is 5.40. The number of aromatic carboxylic acids is 1. The summed E-state index contributed by atoms with van der Waals surface area (Å²) in [4.78, 5) is 50.8. The summed E-state index contributed by atoms with van der Waals surface area (Å²) in [6, 6.07) is 17.8. The first-order chi connectivity index (χ1) is 15.3. The molecule has 0 aromatic heterocycles. The van der Waals surface area contributed by atoms with Crippen LogP contribution in [0.2, 0.25) is 5.02 Å². The Bertz CT molecular complexity index is 1260. The van der Waals surface area contributed by atoms with Crippen molar-refractivity contribution in [1.29, 1.82) is 0 Å². The molecule has 0 spiro atoms. The minimum atomic E-state index is -1.24. The van der Waals surface area contributed by atoms with E-state index in [1.807, 2.05) is 30.3 Å². The second-order valence-corrected chi connectivity index (χ2v) is 7.64. The Morgan fingerprint density at radius 1 is 0.906 bits per heavy atom. The zero-order valence-electron chi connectivity index (χ0n) is 16.7. The highest BCUT2D eigenvalue weighted by molar-refractivity contribution is 6.31. The van der Waals surface area contributed by atoms with Crippen LogP contribution in [0.5, 0.6) is 0 Å². The van der Waals surface area contributed by atoms with Gasteiger partial charge in [0.05, 0.1) is 22.4 Å². The van der Waals surface area contributed by atoms with Gasteiger partial charge >= 0.3 is 5.97 Å². The molecule has 3 aromatic rings. The highest BCUT2D eigenvalue weighted by Gasteiger charge is 2.35. The van der Waals surface area contributed by atoms with Gasteiger partial charge in [0, 0.05) is 17.1 Å². The zero-order valence-corrected chi connectivity index (χ0v) is 17.4. The van der Waals surface area contributed by atoms with Gasteiger partial charge < -0.3 is 10.4 Å². The fourth-order valence-corrected chi connectivity index (χ4v) is 3.69.